The molecule has 6 nitrogen and oxygen atoms in total. The van der Waals surface area contributed by atoms with Crippen molar-refractivity contribution in [2.75, 3.05) is 13.2 Å². The zero-order valence-electron chi connectivity index (χ0n) is 13.0. The van der Waals surface area contributed by atoms with Crippen molar-refractivity contribution in [1.82, 2.24) is 19.7 Å². The highest BCUT2D eigenvalue weighted by molar-refractivity contribution is 5.13. The molecule has 0 fully saturated rings. The molecule has 7 heteroatoms. The molecule has 0 spiro atoms. The number of nitrogens with zero attached hydrogens (tertiary/aromatic N) is 4. The van der Waals surface area contributed by atoms with Crippen molar-refractivity contribution in [3.63, 3.8) is 0 Å². The number of rotatable bonds is 5. The van der Waals surface area contributed by atoms with Gasteiger partial charge in [-0.1, -0.05) is 0 Å². The van der Waals surface area contributed by atoms with Crippen molar-refractivity contribution in [1.29, 1.82) is 0 Å². The van der Waals surface area contributed by atoms with Gasteiger partial charge in [0.2, 0.25) is 5.88 Å². The first-order valence-corrected chi connectivity index (χ1v) is 7.80. The van der Waals surface area contributed by atoms with Crippen LogP contribution in [0.25, 0.3) is 0 Å². The van der Waals surface area contributed by atoms with Crippen molar-refractivity contribution in [2.24, 2.45) is 0 Å². The fourth-order valence-corrected chi connectivity index (χ4v) is 2.98. The lowest BCUT2D eigenvalue weighted by atomic mass is 10.2. The van der Waals surface area contributed by atoms with Gasteiger partial charge in [-0.2, -0.15) is 5.10 Å². The summed E-state index contributed by atoms with van der Waals surface area (Å²) in [6.45, 7) is 2.54. The third-order valence-electron chi connectivity index (χ3n) is 4.05. The second-order valence-corrected chi connectivity index (χ2v) is 5.77. The number of halogens is 1. The van der Waals surface area contributed by atoms with E-state index < -0.39 is 5.82 Å². The molecular weight excluding hydrogens is 311 g/mol. The third kappa shape index (κ3) is 3.03. The van der Waals surface area contributed by atoms with Crippen molar-refractivity contribution in [3.8, 4) is 5.88 Å². The molecule has 3 aromatic rings. The van der Waals surface area contributed by atoms with E-state index in [-0.39, 0.29) is 11.9 Å². The second-order valence-electron chi connectivity index (χ2n) is 5.77. The molecule has 124 valence electrons. The van der Waals surface area contributed by atoms with Crippen LogP contribution in [0.3, 0.4) is 0 Å². The van der Waals surface area contributed by atoms with Crippen LogP contribution in [0, 0.1) is 5.82 Å². The van der Waals surface area contributed by atoms with Gasteiger partial charge in [0, 0.05) is 25.5 Å². The quantitative estimate of drug-likeness (QED) is 0.721. The minimum atomic E-state index is -0.457. The van der Waals surface area contributed by atoms with E-state index in [2.05, 4.69) is 15.0 Å². The Morgan fingerprint density at radius 1 is 1.25 bits per heavy atom. The van der Waals surface area contributed by atoms with Gasteiger partial charge in [0.25, 0.3) is 0 Å². The molecule has 0 aromatic carbocycles. The summed E-state index contributed by atoms with van der Waals surface area (Å²) >= 11 is 0. The number of hydrogen-bond donors (Lipinski definition) is 0. The van der Waals surface area contributed by atoms with E-state index in [9.17, 15) is 4.39 Å². The van der Waals surface area contributed by atoms with E-state index in [4.69, 9.17) is 9.15 Å². The highest BCUT2D eigenvalue weighted by atomic mass is 19.1. The van der Waals surface area contributed by atoms with Crippen molar-refractivity contribution in [2.45, 2.75) is 19.1 Å². The average molecular weight is 328 g/mol. The van der Waals surface area contributed by atoms with Crippen molar-refractivity contribution >= 4 is 0 Å². The number of pyridine rings is 1. The van der Waals surface area contributed by atoms with Crippen LogP contribution in [0.15, 0.2) is 53.4 Å². The number of hydrogen-bond acceptors (Lipinski definition) is 5. The molecule has 24 heavy (non-hydrogen) atoms. The Morgan fingerprint density at radius 3 is 3.04 bits per heavy atom. The molecule has 3 aromatic heterocycles. The molecule has 0 amide bonds. The molecule has 1 unspecified atom stereocenters. The first-order valence-electron chi connectivity index (χ1n) is 7.80. The molecular formula is C17H17FN4O2. The standard InChI is InChI=1S/C17H17FN4O2/c18-16-4-1-6-19-17(16)24-12-14-10-21(11-15-3-2-8-23-15)9-13-5-7-20-22(13)14/h1-8,14H,9-12H2. The number of furan rings is 1. The Kier molecular flexibility index (Phi) is 4.00. The fourth-order valence-electron chi connectivity index (χ4n) is 2.98. The van der Waals surface area contributed by atoms with Gasteiger partial charge in [-0.3, -0.25) is 9.58 Å². The molecule has 0 bridgehead atoms. The van der Waals surface area contributed by atoms with Gasteiger partial charge >= 0.3 is 0 Å². The summed E-state index contributed by atoms with van der Waals surface area (Å²) in [5, 5.41) is 4.38. The van der Waals surface area contributed by atoms with Crippen molar-refractivity contribution < 1.29 is 13.5 Å². The summed E-state index contributed by atoms with van der Waals surface area (Å²) in [7, 11) is 0. The summed E-state index contributed by atoms with van der Waals surface area (Å²) in [4.78, 5) is 6.19. The highest BCUT2D eigenvalue weighted by Crippen LogP contribution is 2.23. The molecule has 4 rings (SSSR count). The van der Waals surface area contributed by atoms with Gasteiger partial charge in [0.15, 0.2) is 5.82 Å². The molecule has 0 saturated carbocycles. The minimum Gasteiger partial charge on any atom is -0.473 e. The van der Waals surface area contributed by atoms with Crippen LogP contribution >= 0.6 is 0 Å². The van der Waals surface area contributed by atoms with Crippen molar-refractivity contribution in [3.05, 3.63) is 66.3 Å². The summed E-state index contributed by atoms with van der Waals surface area (Å²) < 4.78 is 26.6. The molecule has 4 heterocycles. The molecule has 0 radical (unpaired) electrons. The van der Waals surface area contributed by atoms with Crippen LogP contribution in [-0.2, 0) is 13.1 Å². The Bertz CT molecular complexity index is 803. The van der Waals surface area contributed by atoms with Gasteiger partial charge in [-0.25, -0.2) is 9.37 Å². The molecule has 0 saturated heterocycles. The maximum Gasteiger partial charge on any atom is 0.250 e. The zero-order chi connectivity index (χ0) is 16.4. The molecule has 0 aliphatic carbocycles. The number of fused-ring (bicyclic) bond motifs is 1. The van der Waals surface area contributed by atoms with Crippen LogP contribution in [0.2, 0.25) is 0 Å². The number of aromatic nitrogens is 3. The molecule has 1 atom stereocenters. The predicted molar refractivity (Wildman–Crippen MR) is 83.8 cm³/mol. The summed E-state index contributed by atoms with van der Waals surface area (Å²) in [5.74, 6) is 0.481. The van der Waals surface area contributed by atoms with E-state index in [0.29, 0.717) is 13.2 Å². The lowest BCUT2D eigenvalue weighted by molar-refractivity contribution is 0.117. The predicted octanol–water partition coefficient (Wildman–Crippen LogP) is 2.65. The highest BCUT2D eigenvalue weighted by Gasteiger charge is 2.27. The van der Waals surface area contributed by atoms with E-state index in [0.717, 1.165) is 24.5 Å². The lowest BCUT2D eigenvalue weighted by Crippen LogP contribution is -2.39. The average Bonchev–Trinajstić information content (AvgIpc) is 3.25. The van der Waals surface area contributed by atoms with Gasteiger partial charge < -0.3 is 9.15 Å². The second kappa shape index (κ2) is 6.45. The van der Waals surface area contributed by atoms with Crippen LogP contribution < -0.4 is 4.74 Å². The molecule has 0 N–H and O–H groups in total. The Labute approximate surface area is 138 Å². The molecule has 1 aliphatic heterocycles. The number of ether oxygens (including phenoxy) is 1. The molecule has 1 aliphatic rings. The van der Waals surface area contributed by atoms with Gasteiger partial charge in [0.1, 0.15) is 12.4 Å². The lowest BCUT2D eigenvalue weighted by Gasteiger charge is -2.33. The first-order chi connectivity index (χ1) is 11.8. The first kappa shape index (κ1) is 14.9. The van der Waals surface area contributed by atoms with Crippen LogP contribution in [0.1, 0.15) is 17.5 Å². The van der Waals surface area contributed by atoms with Gasteiger partial charge in [-0.05, 0) is 30.3 Å². The van der Waals surface area contributed by atoms with E-state index in [1.165, 1.54) is 12.3 Å². The van der Waals surface area contributed by atoms with E-state index in [1.807, 2.05) is 22.9 Å². The van der Waals surface area contributed by atoms with Crippen LogP contribution in [0.4, 0.5) is 4.39 Å². The minimum absolute atomic E-state index is 0.0138. The SMILES string of the molecule is Fc1cccnc1OCC1CN(Cc2ccco2)Cc2ccnn21. The summed E-state index contributed by atoms with van der Waals surface area (Å²) in [6.07, 6.45) is 4.97. The Balaban J connectivity index is 1.48. The van der Waals surface area contributed by atoms with Crippen LogP contribution in [-0.4, -0.2) is 32.8 Å². The summed E-state index contributed by atoms with van der Waals surface area (Å²) in [5.41, 5.74) is 1.10. The summed E-state index contributed by atoms with van der Waals surface area (Å²) in [6, 6.07) is 8.70. The normalized spacial score (nSPS) is 17.6. The Morgan fingerprint density at radius 2 is 2.21 bits per heavy atom. The van der Waals surface area contributed by atoms with Gasteiger partial charge in [0.05, 0.1) is 24.5 Å². The topological polar surface area (TPSA) is 56.3 Å². The smallest absolute Gasteiger partial charge is 0.250 e. The zero-order valence-corrected chi connectivity index (χ0v) is 13.0. The third-order valence-corrected chi connectivity index (χ3v) is 4.05. The van der Waals surface area contributed by atoms with Crippen LogP contribution in [0.5, 0.6) is 5.88 Å². The maximum absolute atomic E-state index is 13.7. The largest absolute Gasteiger partial charge is 0.473 e. The van der Waals surface area contributed by atoms with E-state index in [1.54, 1.807) is 18.5 Å². The van der Waals surface area contributed by atoms with E-state index >= 15 is 0 Å². The Hall–Kier alpha value is -2.67. The monoisotopic (exact) mass is 328 g/mol. The van der Waals surface area contributed by atoms with Gasteiger partial charge in [-0.15, -0.1) is 0 Å². The fraction of sp³-hybridized carbons (Fsp3) is 0.294. The maximum atomic E-state index is 13.7.